The van der Waals surface area contributed by atoms with Crippen LogP contribution >= 0.6 is 15.9 Å². The average Bonchev–Trinajstić information content (AvgIpc) is 2.43. The van der Waals surface area contributed by atoms with Gasteiger partial charge in [0.2, 0.25) is 0 Å². The van der Waals surface area contributed by atoms with Crippen LogP contribution in [0.15, 0.2) is 22.7 Å². The minimum absolute atomic E-state index is 0.0863. The Morgan fingerprint density at radius 1 is 1.40 bits per heavy atom. The van der Waals surface area contributed by atoms with Crippen molar-refractivity contribution >= 4 is 27.5 Å². The van der Waals surface area contributed by atoms with E-state index in [9.17, 15) is 0 Å². The quantitative estimate of drug-likeness (QED) is 0.562. The van der Waals surface area contributed by atoms with Crippen molar-refractivity contribution in [2.45, 2.75) is 32.7 Å². The first kappa shape index (κ1) is 17.0. The number of anilines is 1. The fourth-order valence-electron chi connectivity index (χ4n) is 2.33. The number of amidine groups is 1. The third-order valence-corrected chi connectivity index (χ3v) is 4.12. The molecule has 0 atom stereocenters. The van der Waals surface area contributed by atoms with E-state index in [-0.39, 0.29) is 5.84 Å². The van der Waals surface area contributed by atoms with E-state index in [1.807, 2.05) is 18.2 Å². The summed E-state index contributed by atoms with van der Waals surface area (Å²) in [5.74, 6) is 0.0863. The van der Waals surface area contributed by atoms with Crippen LogP contribution in [0.25, 0.3) is 0 Å². The summed E-state index contributed by atoms with van der Waals surface area (Å²) in [5, 5.41) is 7.50. The average molecular weight is 342 g/mol. The Morgan fingerprint density at radius 3 is 2.50 bits per heavy atom. The highest BCUT2D eigenvalue weighted by Crippen LogP contribution is 2.30. The summed E-state index contributed by atoms with van der Waals surface area (Å²) < 4.78 is 6.19. The van der Waals surface area contributed by atoms with Crippen molar-refractivity contribution in [3.8, 4) is 0 Å². The highest BCUT2D eigenvalue weighted by molar-refractivity contribution is 9.10. The summed E-state index contributed by atoms with van der Waals surface area (Å²) in [6, 6.07) is 6.30. The summed E-state index contributed by atoms with van der Waals surface area (Å²) in [6.07, 6.45) is 2.17. The van der Waals surface area contributed by atoms with Crippen molar-refractivity contribution in [3.63, 3.8) is 0 Å². The number of nitrogen functional groups attached to an aromatic ring is 1. The molecule has 1 aromatic carbocycles. The highest BCUT2D eigenvalue weighted by atomic mass is 79.9. The number of hydrogen-bond donors (Lipinski definition) is 2. The molecule has 0 spiro atoms. The van der Waals surface area contributed by atoms with Crippen LogP contribution in [0, 0.1) is 5.41 Å². The summed E-state index contributed by atoms with van der Waals surface area (Å²) in [4.78, 5) is 2.36. The van der Waals surface area contributed by atoms with Crippen LogP contribution in [0.1, 0.15) is 32.3 Å². The zero-order chi connectivity index (χ0) is 15.1. The Morgan fingerprint density at radius 2 is 2.05 bits per heavy atom. The monoisotopic (exact) mass is 341 g/mol. The molecule has 0 saturated carbocycles. The minimum atomic E-state index is 0.0863. The first-order valence-electron chi connectivity index (χ1n) is 6.94. The van der Waals surface area contributed by atoms with Crippen molar-refractivity contribution in [2.75, 3.05) is 25.2 Å². The maximum atomic E-state index is 7.50. The first-order valence-corrected chi connectivity index (χ1v) is 7.73. The third-order valence-electron chi connectivity index (χ3n) is 3.49. The molecular formula is C15H24BrN3O. The molecule has 0 aromatic heterocycles. The molecule has 0 aliphatic heterocycles. The van der Waals surface area contributed by atoms with E-state index in [0.29, 0.717) is 12.6 Å². The Hall–Kier alpha value is -1.07. The van der Waals surface area contributed by atoms with Gasteiger partial charge in [-0.15, -0.1) is 0 Å². The summed E-state index contributed by atoms with van der Waals surface area (Å²) in [5.41, 5.74) is 7.39. The predicted molar refractivity (Wildman–Crippen MR) is 88.8 cm³/mol. The van der Waals surface area contributed by atoms with Crippen LogP contribution in [-0.2, 0) is 4.74 Å². The predicted octanol–water partition coefficient (Wildman–Crippen LogP) is 3.37. The van der Waals surface area contributed by atoms with Gasteiger partial charge in [0.25, 0.3) is 0 Å². The first-order chi connectivity index (χ1) is 9.54. The SMILES string of the molecule is CCC(CC)N(CCOC)c1ccc(C(=N)N)cc1Br. The van der Waals surface area contributed by atoms with Gasteiger partial charge in [0.1, 0.15) is 5.84 Å². The molecule has 5 heteroatoms. The van der Waals surface area contributed by atoms with Gasteiger partial charge in [-0.3, -0.25) is 5.41 Å². The zero-order valence-corrected chi connectivity index (χ0v) is 14.0. The Kier molecular flexibility index (Phi) is 7.02. The van der Waals surface area contributed by atoms with E-state index in [0.717, 1.165) is 35.1 Å². The number of halogens is 1. The van der Waals surface area contributed by atoms with Crippen LogP contribution in [0.4, 0.5) is 5.69 Å². The molecule has 1 aromatic rings. The van der Waals surface area contributed by atoms with Gasteiger partial charge < -0.3 is 15.4 Å². The fraction of sp³-hybridized carbons (Fsp3) is 0.533. The maximum Gasteiger partial charge on any atom is 0.122 e. The van der Waals surface area contributed by atoms with E-state index < -0.39 is 0 Å². The Bertz CT molecular complexity index is 447. The van der Waals surface area contributed by atoms with Gasteiger partial charge in [0.05, 0.1) is 12.3 Å². The molecule has 0 saturated heterocycles. The largest absolute Gasteiger partial charge is 0.384 e. The topological polar surface area (TPSA) is 62.3 Å². The van der Waals surface area contributed by atoms with Crippen LogP contribution in [0.3, 0.4) is 0 Å². The second-order valence-corrected chi connectivity index (χ2v) is 5.59. The molecule has 20 heavy (non-hydrogen) atoms. The molecule has 0 bridgehead atoms. The number of ether oxygens (including phenoxy) is 1. The minimum Gasteiger partial charge on any atom is -0.384 e. The van der Waals surface area contributed by atoms with Crippen LogP contribution in [0.5, 0.6) is 0 Å². The van der Waals surface area contributed by atoms with Crippen molar-refractivity contribution in [1.29, 1.82) is 5.41 Å². The highest BCUT2D eigenvalue weighted by Gasteiger charge is 2.18. The molecule has 0 amide bonds. The molecule has 1 rings (SSSR count). The summed E-state index contributed by atoms with van der Waals surface area (Å²) in [6.45, 7) is 5.94. The Labute approximate surface area is 129 Å². The van der Waals surface area contributed by atoms with Gasteiger partial charge in [-0.1, -0.05) is 13.8 Å². The smallest absolute Gasteiger partial charge is 0.122 e. The Balaban J connectivity index is 3.09. The number of benzene rings is 1. The second-order valence-electron chi connectivity index (χ2n) is 4.74. The van der Waals surface area contributed by atoms with Gasteiger partial charge in [-0.05, 0) is 47.0 Å². The normalized spacial score (nSPS) is 10.8. The van der Waals surface area contributed by atoms with Crippen LogP contribution in [-0.4, -0.2) is 32.1 Å². The van der Waals surface area contributed by atoms with Crippen LogP contribution < -0.4 is 10.6 Å². The van der Waals surface area contributed by atoms with E-state index in [1.165, 1.54) is 0 Å². The lowest BCUT2D eigenvalue weighted by atomic mass is 10.1. The molecule has 0 aliphatic carbocycles. The number of nitrogens with zero attached hydrogens (tertiary/aromatic N) is 1. The van der Waals surface area contributed by atoms with Gasteiger partial charge in [0, 0.05) is 29.7 Å². The van der Waals surface area contributed by atoms with Crippen LogP contribution in [0.2, 0.25) is 0 Å². The van der Waals surface area contributed by atoms with Crippen molar-refractivity contribution in [2.24, 2.45) is 5.73 Å². The van der Waals surface area contributed by atoms with E-state index >= 15 is 0 Å². The van der Waals surface area contributed by atoms with Crippen molar-refractivity contribution < 1.29 is 4.74 Å². The molecule has 0 fully saturated rings. The van der Waals surface area contributed by atoms with Gasteiger partial charge in [-0.25, -0.2) is 0 Å². The maximum absolute atomic E-state index is 7.50. The molecule has 0 aliphatic rings. The standard InChI is InChI=1S/C15H24BrN3O/c1-4-12(5-2)19(8-9-20-3)14-7-6-11(15(17)18)10-13(14)16/h6-7,10,12H,4-5,8-9H2,1-3H3,(H3,17,18). The number of methoxy groups -OCH3 is 1. The molecule has 0 unspecified atom stereocenters. The zero-order valence-electron chi connectivity index (χ0n) is 12.4. The lowest BCUT2D eigenvalue weighted by Crippen LogP contribution is -2.37. The molecule has 0 radical (unpaired) electrons. The van der Waals surface area contributed by atoms with E-state index in [2.05, 4.69) is 34.7 Å². The summed E-state index contributed by atoms with van der Waals surface area (Å²) >= 11 is 3.60. The van der Waals surface area contributed by atoms with E-state index in [1.54, 1.807) is 7.11 Å². The second kappa shape index (κ2) is 8.27. The van der Waals surface area contributed by atoms with Crippen molar-refractivity contribution in [3.05, 3.63) is 28.2 Å². The fourth-order valence-corrected chi connectivity index (χ4v) is 2.93. The van der Waals surface area contributed by atoms with Gasteiger partial charge >= 0.3 is 0 Å². The summed E-state index contributed by atoms with van der Waals surface area (Å²) in [7, 11) is 1.72. The van der Waals surface area contributed by atoms with Gasteiger partial charge in [0.15, 0.2) is 0 Å². The van der Waals surface area contributed by atoms with Crippen molar-refractivity contribution in [1.82, 2.24) is 0 Å². The third kappa shape index (κ3) is 4.21. The lowest BCUT2D eigenvalue weighted by Gasteiger charge is -2.33. The molecule has 112 valence electrons. The number of rotatable bonds is 8. The number of hydrogen-bond acceptors (Lipinski definition) is 3. The molecule has 0 heterocycles. The molecule has 4 nitrogen and oxygen atoms in total. The molecular weight excluding hydrogens is 318 g/mol. The molecule has 3 N–H and O–H groups in total. The number of nitrogens with one attached hydrogen (secondary N) is 1. The van der Waals surface area contributed by atoms with E-state index in [4.69, 9.17) is 15.9 Å². The van der Waals surface area contributed by atoms with Gasteiger partial charge in [-0.2, -0.15) is 0 Å². The lowest BCUT2D eigenvalue weighted by molar-refractivity contribution is 0.202. The number of nitrogens with two attached hydrogens (primary N) is 1.